The molecule has 7 heteroatoms. The normalized spacial score (nSPS) is 26.0. The highest BCUT2D eigenvalue weighted by atomic mass is 32.2. The summed E-state index contributed by atoms with van der Waals surface area (Å²) in [4.78, 5) is 3.86. The Morgan fingerprint density at radius 2 is 2.29 bits per heavy atom. The third-order valence-corrected chi connectivity index (χ3v) is 4.25. The third kappa shape index (κ3) is 3.05. The van der Waals surface area contributed by atoms with Crippen molar-refractivity contribution >= 4 is 10.0 Å². The minimum Gasteiger partial charge on any atom is -0.339 e. The summed E-state index contributed by atoms with van der Waals surface area (Å²) in [7, 11) is -1.74. The molecule has 17 heavy (non-hydrogen) atoms. The van der Waals surface area contributed by atoms with Gasteiger partial charge in [-0.15, -0.1) is 0 Å². The molecule has 1 fully saturated rings. The lowest BCUT2D eigenvalue weighted by molar-refractivity contribution is 0.346. The molecular formula is C10H18N4O2S. The number of aromatic nitrogens is 2. The molecule has 1 saturated heterocycles. The molecule has 6 nitrogen and oxygen atoms in total. The molecule has 0 saturated carbocycles. The van der Waals surface area contributed by atoms with Gasteiger partial charge in [-0.25, -0.2) is 18.1 Å². The summed E-state index contributed by atoms with van der Waals surface area (Å²) < 4.78 is 28.3. The van der Waals surface area contributed by atoms with Crippen molar-refractivity contribution in [3.05, 3.63) is 12.5 Å². The lowest BCUT2D eigenvalue weighted by Crippen LogP contribution is -2.48. The van der Waals surface area contributed by atoms with Gasteiger partial charge in [-0.05, 0) is 18.9 Å². The van der Waals surface area contributed by atoms with Crippen LogP contribution in [0.3, 0.4) is 0 Å². The van der Waals surface area contributed by atoms with E-state index < -0.39 is 10.0 Å². The van der Waals surface area contributed by atoms with Gasteiger partial charge in [0, 0.05) is 25.8 Å². The maximum Gasteiger partial charge on any atom is 0.259 e. The number of sulfonamides is 1. The van der Waals surface area contributed by atoms with E-state index in [2.05, 4.69) is 21.9 Å². The van der Waals surface area contributed by atoms with Crippen LogP contribution in [-0.2, 0) is 17.1 Å². The van der Waals surface area contributed by atoms with Crippen molar-refractivity contribution in [1.82, 2.24) is 19.6 Å². The Morgan fingerprint density at radius 1 is 1.53 bits per heavy atom. The largest absolute Gasteiger partial charge is 0.339 e. The first-order valence-electron chi connectivity index (χ1n) is 5.68. The molecule has 0 aliphatic carbocycles. The molecule has 0 bridgehead atoms. The molecule has 2 unspecified atom stereocenters. The number of imidazole rings is 1. The first-order valence-corrected chi connectivity index (χ1v) is 7.16. The fraction of sp³-hybridized carbons (Fsp3) is 0.700. The number of piperidine rings is 1. The standard InChI is InChI=1S/C10H18N4O2S/c1-8-3-9(5-11-4-8)13-17(15,16)10-6-14(2)7-12-10/h6-9,11,13H,3-5H2,1-2H3. The Labute approximate surface area is 101 Å². The molecule has 1 aliphatic heterocycles. The van der Waals surface area contributed by atoms with Crippen LogP contribution < -0.4 is 10.0 Å². The van der Waals surface area contributed by atoms with E-state index in [-0.39, 0.29) is 11.1 Å². The number of nitrogens with one attached hydrogen (secondary N) is 2. The van der Waals surface area contributed by atoms with Crippen molar-refractivity contribution in [2.75, 3.05) is 13.1 Å². The highest BCUT2D eigenvalue weighted by Crippen LogP contribution is 2.12. The zero-order valence-corrected chi connectivity index (χ0v) is 10.9. The van der Waals surface area contributed by atoms with E-state index in [1.165, 1.54) is 12.5 Å². The van der Waals surface area contributed by atoms with Crippen molar-refractivity contribution in [3.63, 3.8) is 0 Å². The fourth-order valence-electron chi connectivity index (χ4n) is 2.05. The predicted molar refractivity (Wildman–Crippen MR) is 64.0 cm³/mol. The lowest BCUT2D eigenvalue weighted by Gasteiger charge is -2.27. The zero-order valence-electron chi connectivity index (χ0n) is 10.0. The topological polar surface area (TPSA) is 76.0 Å². The van der Waals surface area contributed by atoms with E-state index in [0.29, 0.717) is 12.5 Å². The Hall–Kier alpha value is -0.920. The van der Waals surface area contributed by atoms with Crippen LogP contribution in [0, 0.1) is 5.92 Å². The smallest absolute Gasteiger partial charge is 0.259 e. The molecule has 0 radical (unpaired) electrons. The van der Waals surface area contributed by atoms with Gasteiger partial charge in [-0.1, -0.05) is 6.92 Å². The van der Waals surface area contributed by atoms with Gasteiger partial charge >= 0.3 is 0 Å². The highest BCUT2D eigenvalue weighted by Gasteiger charge is 2.25. The Balaban J connectivity index is 2.07. The average Bonchev–Trinajstić information content (AvgIpc) is 2.65. The summed E-state index contributed by atoms with van der Waals surface area (Å²) in [5.41, 5.74) is 0. The molecule has 2 atom stereocenters. The van der Waals surface area contributed by atoms with Crippen molar-refractivity contribution in [2.24, 2.45) is 13.0 Å². The fourth-order valence-corrected chi connectivity index (χ4v) is 3.28. The van der Waals surface area contributed by atoms with E-state index in [9.17, 15) is 8.42 Å². The first-order chi connectivity index (χ1) is 7.97. The second kappa shape index (κ2) is 4.75. The molecule has 96 valence electrons. The molecule has 2 rings (SSSR count). The number of aryl methyl sites for hydroxylation is 1. The number of nitrogens with zero attached hydrogens (tertiary/aromatic N) is 2. The second-order valence-corrected chi connectivity index (χ2v) is 6.36. The Bertz CT molecular complexity index is 482. The summed E-state index contributed by atoms with van der Waals surface area (Å²) in [5, 5.41) is 3.29. The molecular weight excluding hydrogens is 240 g/mol. The van der Waals surface area contributed by atoms with Crippen molar-refractivity contribution in [3.8, 4) is 0 Å². The summed E-state index contributed by atoms with van der Waals surface area (Å²) in [6.07, 6.45) is 3.84. The number of hydrogen-bond donors (Lipinski definition) is 2. The van der Waals surface area contributed by atoms with E-state index in [4.69, 9.17) is 0 Å². The first kappa shape index (κ1) is 12.5. The minimum absolute atomic E-state index is 0.0502. The lowest BCUT2D eigenvalue weighted by atomic mass is 9.99. The maximum atomic E-state index is 12.0. The SMILES string of the molecule is CC1CNCC(NS(=O)(=O)c2cn(C)cn2)C1. The van der Waals surface area contributed by atoms with E-state index >= 15 is 0 Å². The molecule has 0 aromatic carbocycles. The van der Waals surface area contributed by atoms with Gasteiger partial charge < -0.3 is 9.88 Å². The van der Waals surface area contributed by atoms with Crippen LogP contribution in [0.2, 0.25) is 0 Å². The molecule has 2 N–H and O–H groups in total. The summed E-state index contributed by atoms with van der Waals surface area (Å²) in [6.45, 7) is 3.73. The van der Waals surface area contributed by atoms with E-state index in [1.807, 2.05) is 0 Å². The van der Waals surface area contributed by atoms with Gasteiger partial charge in [0.25, 0.3) is 10.0 Å². The molecule has 0 amide bonds. The van der Waals surface area contributed by atoms with Crippen LogP contribution in [-0.4, -0.2) is 37.1 Å². The molecule has 0 spiro atoms. The van der Waals surface area contributed by atoms with Crippen LogP contribution in [0.4, 0.5) is 0 Å². The van der Waals surface area contributed by atoms with Crippen LogP contribution in [0.5, 0.6) is 0 Å². The van der Waals surface area contributed by atoms with Crippen LogP contribution in [0.1, 0.15) is 13.3 Å². The summed E-state index contributed by atoms with van der Waals surface area (Å²) in [5.74, 6) is 0.486. The zero-order chi connectivity index (χ0) is 12.5. The van der Waals surface area contributed by atoms with E-state index in [1.54, 1.807) is 11.6 Å². The van der Waals surface area contributed by atoms with Gasteiger partial charge in [0.15, 0.2) is 5.03 Å². The van der Waals surface area contributed by atoms with Crippen LogP contribution >= 0.6 is 0 Å². The predicted octanol–water partition coefficient (Wildman–Crippen LogP) is -0.304. The molecule has 1 aliphatic rings. The molecule has 2 heterocycles. The Morgan fingerprint density at radius 3 is 2.88 bits per heavy atom. The van der Waals surface area contributed by atoms with Crippen molar-refractivity contribution < 1.29 is 8.42 Å². The highest BCUT2D eigenvalue weighted by molar-refractivity contribution is 7.89. The summed E-state index contributed by atoms with van der Waals surface area (Å²) in [6, 6.07) is -0.0502. The maximum absolute atomic E-state index is 12.0. The monoisotopic (exact) mass is 258 g/mol. The molecule has 1 aromatic rings. The quantitative estimate of drug-likeness (QED) is 0.780. The summed E-state index contributed by atoms with van der Waals surface area (Å²) >= 11 is 0. The van der Waals surface area contributed by atoms with Gasteiger partial charge in [-0.3, -0.25) is 0 Å². The average molecular weight is 258 g/mol. The van der Waals surface area contributed by atoms with Gasteiger partial charge in [0.2, 0.25) is 0 Å². The van der Waals surface area contributed by atoms with Crippen molar-refractivity contribution in [2.45, 2.75) is 24.4 Å². The Kier molecular flexibility index (Phi) is 3.50. The van der Waals surface area contributed by atoms with Gasteiger partial charge in [0.05, 0.1) is 6.33 Å². The number of rotatable bonds is 3. The van der Waals surface area contributed by atoms with Crippen LogP contribution in [0.25, 0.3) is 0 Å². The van der Waals surface area contributed by atoms with E-state index in [0.717, 1.165) is 13.0 Å². The number of hydrogen-bond acceptors (Lipinski definition) is 4. The molecule has 1 aromatic heterocycles. The van der Waals surface area contributed by atoms with Crippen LogP contribution in [0.15, 0.2) is 17.6 Å². The minimum atomic E-state index is -3.48. The second-order valence-electron chi connectivity index (χ2n) is 4.69. The van der Waals surface area contributed by atoms with Crippen molar-refractivity contribution in [1.29, 1.82) is 0 Å². The van der Waals surface area contributed by atoms with Gasteiger partial charge in [-0.2, -0.15) is 0 Å². The van der Waals surface area contributed by atoms with Gasteiger partial charge in [0.1, 0.15) is 0 Å². The third-order valence-electron chi connectivity index (χ3n) is 2.85.